The van der Waals surface area contributed by atoms with Crippen LogP contribution in [0.3, 0.4) is 0 Å². The largest absolute Gasteiger partial charge is 0.444 e. The summed E-state index contributed by atoms with van der Waals surface area (Å²) in [4.78, 5) is 13.8. The second-order valence-corrected chi connectivity index (χ2v) is 5.57. The Bertz CT molecular complexity index is 289. The molecule has 0 bridgehead atoms. The normalized spacial score (nSPS) is 12.7. The van der Waals surface area contributed by atoms with Gasteiger partial charge >= 0.3 is 6.09 Å². The second-order valence-electron chi connectivity index (χ2n) is 5.57. The molecule has 0 rings (SSSR count). The van der Waals surface area contributed by atoms with Crippen LogP contribution in [0.1, 0.15) is 60.3 Å². The Hall–Kier alpha value is -1.24. The van der Waals surface area contributed by atoms with Crippen molar-refractivity contribution < 1.29 is 9.53 Å². The van der Waals surface area contributed by atoms with Crippen molar-refractivity contribution in [3.63, 3.8) is 0 Å². The number of rotatable bonds is 6. The average Bonchev–Trinajstić information content (AvgIpc) is 2.24. The highest BCUT2D eigenvalue weighted by atomic mass is 16.6. The van der Waals surface area contributed by atoms with Crippen LogP contribution in [0.4, 0.5) is 4.79 Å². The van der Waals surface area contributed by atoms with Crippen molar-refractivity contribution in [1.82, 2.24) is 4.90 Å². The molecule has 104 valence electrons. The number of hydrogen-bond acceptors (Lipinski definition) is 3. The fourth-order valence-electron chi connectivity index (χ4n) is 1.57. The number of carbonyl (C=O) groups is 1. The molecule has 0 radical (unpaired) electrons. The standard InChI is InChI=1S/C14H26N2O2/c1-6-7-11-16(12(2)9-8-10-15)13(17)18-14(3,4)5/h12H,6-9,11H2,1-5H3. The van der Waals surface area contributed by atoms with E-state index in [-0.39, 0.29) is 12.1 Å². The first-order chi connectivity index (χ1) is 8.31. The molecule has 0 saturated heterocycles. The van der Waals surface area contributed by atoms with Gasteiger partial charge in [0.2, 0.25) is 0 Å². The van der Waals surface area contributed by atoms with Crippen molar-refractivity contribution in [1.29, 1.82) is 5.26 Å². The summed E-state index contributed by atoms with van der Waals surface area (Å²) < 4.78 is 5.40. The van der Waals surface area contributed by atoms with Crippen LogP contribution in [0.2, 0.25) is 0 Å². The maximum Gasteiger partial charge on any atom is 0.410 e. The summed E-state index contributed by atoms with van der Waals surface area (Å²) in [6.07, 6.45) is 2.87. The lowest BCUT2D eigenvalue weighted by atomic mass is 10.1. The van der Waals surface area contributed by atoms with Gasteiger partial charge in [-0.15, -0.1) is 0 Å². The number of unbranched alkanes of at least 4 members (excludes halogenated alkanes) is 1. The Morgan fingerprint density at radius 3 is 2.50 bits per heavy atom. The Balaban J connectivity index is 4.55. The van der Waals surface area contributed by atoms with Gasteiger partial charge in [0.05, 0.1) is 6.07 Å². The van der Waals surface area contributed by atoms with E-state index in [0.717, 1.165) is 12.8 Å². The van der Waals surface area contributed by atoms with Crippen LogP contribution >= 0.6 is 0 Å². The molecular formula is C14H26N2O2. The van der Waals surface area contributed by atoms with Crippen LogP contribution in [-0.4, -0.2) is 29.2 Å². The van der Waals surface area contributed by atoms with E-state index >= 15 is 0 Å². The molecule has 1 unspecified atom stereocenters. The molecule has 0 heterocycles. The van der Waals surface area contributed by atoms with Crippen molar-refractivity contribution in [2.75, 3.05) is 6.54 Å². The van der Waals surface area contributed by atoms with Gasteiger partial charge in [-0.2, -0.15) is 5.26 Å². The number of hydrogen-bond donors (Lipinski definition) is 0. The molecule has 0 aromatic heterocycles. The predicted molar refractivity (Wildman–Crippen MR) is 72.2 cm³/mol. The SMILES string of the molecule is CCCCN(C(=O)OC(C)(C)C)C(C)CCC#N. The van der Waals surface area contributed by atoms with Crippen molar-refractivity contribution >= 4 is 6.09 Å². The van der Waals surface area contributed by atoms with Crippen molar-refractivity contribution in [2.45, 2.75) is 71.9 Å². The zero-order chi connectivity index (χ0) is 14.2. The first kappa shape index (κ1) is 16.8. The highest BCUT2D eigenvalue weighted by Gasteiger charge is 2.25. The van der Waals surface area contributed by atoms with Crippen molar-refractivity contribution in [3.8, 4) is 6.07 Å². The van der Waals surface area contributed by atoms with Crippen LogP contribution in [0.15, 0.2) is 0 Å². The van der Waals surface area contributed by atoms with Gasteiger partial charge in [0.1, 0.15) is 5.60 Å². The van der Waals surface area contributed by atoms with Gasteiger partial charge in [-0.3, -0.25) is 0 Å². The molecule has 0 aromatic rings. The summed E-state index contributed by atoms with van der Waals surface area (Å²) >= 11 is 0. The molecule has 0 aliphatic heterocycles. The van der Waals surface area contributed by atoms with E-state index in [1.54, 1.807) is 4.90 Å². The minimum absolute atomic E-state index is 0.0473. The average molecular weight is 254 g/mol. The Morgan fingerprint density at radius 1 is 1.44 bits per heavy atom. The van der Waals surface area contributed by atoms with Crippen LogP contribution in [0, 0.1) is 11.3 Å². The van der Waals surface area contributed by atoms with Gasteiger partial charge in [-0.05, 0) is 40.5 Å². The lowest BCUT2D eigenvalue weighted by Gasteiger charge is -2.31. The fraction of sp³-hybridized carbons (Fsp3) is 0.857. The number of ether oxygens (including phenoxy) is 1. The monoisotopic (exact) mass is 254 g/mol. The molecule has 0 N–H and O–H groups in total. The summed E-state index contributed by atoms with van der Waals surface area (Å²) in [5.74, 6) is 0. The molecule has 18 heavy (non-hydrogen) atoms. The van der Waals surface area contributed by atoms with Crippen LogP contribution in [0.5, 0.6) is 0 Å². The quantitative estimate of drug-likeness (QED) is 0.726. The summed E-state index contributed by atoms with van der Waals surface area (Å²) in [5, 5.41) is 8.61. The Labute approximate surface area is 111 Å². The molecule has 0 aliphatic rings. The number of amides is 1. The smallest absolute Gasteiger partial charge is 0.410 e. The van der Waals surface area contributed by atoms with Crippen LogP contribution < -0.4 is 0 Å². The molecule has 1 amide bonds. The number of carbonyl (C=O) groups excluding carboxylic acids is 1. The number of nitrogens with zero attached hydrogens (tertiary/aromatic N) is 2. The maximum atomic E-state index is 12.1. The summed E-state index contributed by atoms with van der Waals surface area (Å²) in [5.41, 5.74) is -0.476. The maximum absolute atomic E-state index is 12.1. The molecule has 4 nitrogen and oxygen atoms in total. The predicted octanol–water partition coefficient (Wildman–Crippen LogP) is 3.72. The third kappa shape index (κ3) is 7.16. The van der Waals surface area contributed by atoms with E-state index in [1.807, 2.05) is 27.7 Å². The van der Waals surface area contributed by atoms with E-state index < -0.39 is 5.60 Å². The minimum atomic E-state index is -0.476. The van der Waals surface area contributed by atoms with E-state index in [4.69, 9.17) is 10.00 Å². The third-order valence-corrected chi connectivity index (χ3v) is 2.59. The van der Waals surface area contributed by atoms with Crippen molar-refractivity contribution in [2.24, 2.45) is 0 Å². The zero-order valence-corrected chi connectivity index (χ0v) is 12.3. The zero-order valence-electron chi connectivity index (χ0n) is 12.3. The topological polar surface area (TPSA) is 53.3 Å². The Kier molecular flexibility index (Phi) is 7.42. The Morgan fingerprint density at radius 2 is 2.06 bits per heavy atom. The first-order valence-corrected chi connectivity index (χ1v) is 6.68. The minimum Gasteiger partial charge on any atom is -0.444 e. The first-order valence-electron chi connectivity index (χ1n) is 6.68. The summed E-state index contributed by atoms with van der Waals surface area (Å²) in [6, 6.07) is 2.17. The van der Waals surface area contributed by atoms with E-state index in [1.165, 1.54) is 0 Å². The molecule has 1 atom stereocenters. The number of nitriles is 1. The van der Waals surface area contributed by atoms with Crippen LogP contribution in [0.25, 0.3) is 0 Å². The fourth-order valence-corrected chi connectivity index (χ4v) is 1.57. The van der Waals surface area contributed by atoms with Gasteiger partial charge in [0, 0.05) is 19.0 Å². The summed E-state index contributed by atoms with van der Waals surface area (Å²) in [7, 11) is 0. The second kappa shape index (κ2) is 7.97. The van der Waals surface area contributed by atoms with Crippen molar-refractivity contribution in [3.05, 3.63) is 0 Å². The lowest BCUT2D eigenvalue weighted by Crippen LogP contribution is -2.42. The van der Waals surface area contributed by atoms with Crippen LogP contribution in [-0.2, 0) is 4.74 Å². The molecule has 4 heteroatoms. The third-order valence-electron chi connectivity index (χ3n) is 2.59. The van der Waals surface area contributed by atoms with E-state index in [2.05, 4.69) is 13.0 Å². The summed E-state index contributed by atoms with van der Waals surface area (Å²) in [6.45, 7) is 10.3. The highest BCUT2D eigenvalue weighted by molar-refractivity contribution is 5.68. The molecule has 0 aromatic carbocycles. The molecular weight excluding hydrogens is 228 g/mol. The molecule has 0 saturated carbocycles. The van der Waals surface area contributed by atoms with E-state index in [0.29, 0.717) is 19.4 Å². The highest BCUT2D eigenvalue weighted by Crippen LogP contribution is 2.15. The van der Waals surface area contributed by atoms with Gasteiger partial charge in [0.15, 0.2) is 0 Å². The lowest BCUT2D eigenvalue weighted by molar-refractivity contribution is 0.0167. The van der Waals surface area contributed by atoms with Gasteiger partial charge < -0.3 is 9.64 Å². The molecule has 0 aliphatic carbocycles. The van der Waals surface area contributed by atoms with Gasteiger partial charge in [-0.1, -0.05) is 13.3 Å². The van der Waals surface area contributed by atoms with Gasteiger partial charge in [-0.25, -0.2) is 4.79 Å². The van der Waals surface area contributed by atoms with E-state index in [9.17, 15) is 4.79 Å². The molecule has 0 spiro atoms. The van der Waals surface area contributed by atoms with Gasteiger partial charge in [0.25, 0.3) is 0 Å². The molecule has 0 fully saturated rings.